The molecule has 1 aromatic heterocycles. The van der Waals surface area contributed by atoms with Gasteiger partial charge in [0.2, 0.25) is 0 Å². The number of hydrogen-bond acceptors (Lipinski definition) is 3. The smallest absolute Gasteiger partial charge is 0.326 e. The van der Waals surface area contributed by atoms with Crippen LogP contribution in [0, 0.1) is 5.82 Å². The number of hydrogen-bond donors (Lipinski definition) is 1. The van der Waals surface area contributed by atoms with Crippen molar-refractivity contribution in [3.8, 4) is 22.6 Å². The van der Waals surface area contributed by atoms with Gasteiger partial charge in [-0.2, -0.15) is 0 Å². The third-order valence-corrected chi connectivity index (χ3v) is 4.72. The second-order valence-corrected chi connectivity index (χ2v) is 6.44. The molecule has 4 aromatic rings. The molecule has 6 heteroatoms. The van der Waals surface area contributed by atoms with Crippen LogP contribution in [-0.2, 0) is 6.54 Å². The van der Waals surface area contributed by atoms with Crippen LogP contribution in [0.15, 0.2) is 65.5 Å². The van der Waals surface area contributed by atoms with E-state index in [1.807, 2.05) is 42.5 Å². The van der Waals surface area contributed by atoms with Crippen molar-refractivity contribution >= 4 is 11.0 Å². The zero-order valence-electron chi connectivity index (χ0n) is 15.5. The van der Waals surface area contributed by atoms with Gasteiger partial charge in [0.25, 0.3) is 0 Å². The van der Waals surface area contributed by atoms with Gasteiger partial charge in [-0.3, -0.25) is 4.57 Å². The Morgan fingerprint density at radius 2 is 1.86 bits per heavy atom. The lowest BCUT2D eigenvalue weighted by Gasteiger charge is -2.09. The van der Waals surface area contributed by atoms with E-state index in [1.165, 1.54) is 12.1 Å². The molecule has 0 saturated heterocycles. The first-order chi connectivity index (χ1) is 13.6. The van der Waals surface area contributed by atoms with E-state index in [4.69, 9.17) is 9.47 Å². The van der Waals surface area contributed by atoms with Gasteiger partial charge in [0.05, 0.1) is 31.8 Å². The second kappa shape index (κ2) is 7.23. The summed E-state index contributed by atoms with van der Waals surface area (Å²) in [5.74, 6) is 0.963. The standard InChI is InChI=1S/C22H19FN2O3/c1-27-17-5-3-4-14(10-17)13-25-20-8-6-15(11-19(20)24-22(25)26)18-12-16(23)7-9-21(18)28-2/h3-12H,13H2,1-2H3,(H,24,26). The fraction of sp³-hybridized carbons (Fsp3) is 0.136. The molecule has 0 aliphatic carbocycles. The van der Waals surface area contributed by atoms with Gasteiger partial charge in [-0.25, -0.2) is 9.18 Å². The van der Waals surface area contributed by atoms with E-state index in [0.717, 1.165) is 22.4 Å². The van der Waals surface area contributed by atoms with E-state index < -0.39 is 0 Å². The summed E-state index contributed by atoms with van der Waals surface area (Å²) in [4.78, 5) is 15.4. The Labute approximate surface area is 161 Å². The van der Waals surface area contributed by atoms with Crippen LogP contribution >= 0.6 is 0 Å². The fourth-order valence-electron chi connectivity index (χ4n) is 3.35. The molecule has 0 radical (unpaired) electrons. The number of H-pyrrole nitrogens is 1. The van der Waals surface area contributed by atoms with Crippen LogP contribution in [0.2, 0.25) is 0 Å². The first-order valence-electron chi connectivity index (χ1n) is 8.78. The predicted octanol–water partition coefficient (Wildman–Crippen LogP) is 4.20. The van der Waals surface area contributed by atoms with Gasteiger partial charge in [0, 0.05) is 5.56 Å². The Bertz CT molecular complexity index is 1210. The normalized spacial score (nSPS) is 11.0. The van der Waals surface area contributed by atoms with Crippen molar-refractivity contribution in [2.45, 2.75) is 6.54 Å². The second-order valence-electron chi connectivity index (χ2n) is 6.44. The molecule has 0 saturated carbocycles. The number of ether oxygens (including phenoxy) is 2. The predicted molar refractivity (Wildman–Crippen MR) is 107 cm³/mol. The molecule has 5 nitrogen and oxygen atoms in total. The minimum atomic E-state index is -0.347. The van der Waals surface area contributed by atoms with E-state index in [2.05, 4.69) is 4.98 Å². The van der Waals surface area contributed by atoms with E-state index in [9.17, 15) is 9.18 Å². The third kappa shape index (κ3) is 3.24. The highest BCUT2D eigenvalue weighted by atomic mass is 19.1. The Kier molecular flexibility index (Phi) is 4.61. The van der Waals surface area contributed by atoms with Crippen LogP contribution in [0.3, 0.4) is 0 Å². The van der Waals surface area contributed by atoms with Crippen molar-refractivity contribution in [3.05, 3.63) is 82.5 Å². The van der Waals surface area contributed by atoms with Crippen molar-refractivity contribution in [2.24, 2.45) is 0 Å². The van der Waals surface area contributed by atoms with Crippen LogP contribution in [0.1, 0.15) is 5.56 Å². The molecule has 142 valence electrons. The Balaban J connectivity index is 1.77. The quantitative estimate of drug-likeness (QED) is 0.566. The summed E-state index contributed by atoms with van der Waals surface area (Å²) in [5.41, 5.74) is 3.59. The average Bonchev–Trinajstić information content (AvgIpc) is 3.02. The zero-order valence-corrected chi connectivity index (χ0v) is 15.5. The molecule has 1 heterocycles. The van der Waals surface area contributed by atoms with Crippen molar-refractivity contribution in [1.82, 2.24) is 9.55 Å². The highest BCUT2D eigenvalue weighted by Gasteiger charge is 2.12. The van der Waals surface area contributed by atoms with Crippen molar-refractivity contribution < 1.29 is 13.9 Å². The van der Waals surface area contributed by atoms with E-state index in [1.54, 1.807) is 24.9 Å². The number of benzene rings is 3. The Morgan fingerprint density at radius 1 is 1.00 bits per heavy atom. The van der Waals surface area contributed by atoms with Crippen molar-refractivity contribution in [2.75, 3.05) is 14.2 Å². The number of methoxy groups -OCH3 is 2. The van der Waals surface area contributed by atoms with Gasteiger partial charge >= 0.3 is 5.69 Å². The third-order valence-electron chi connectivity index (χ3n) is 4.72. The molecule has 0 unspecified atom stereocenters. The largest absolute Gasteiger partial charge is 0.497 e. The SMILES string of the molecule is COc1cccc(Cn2c(=O)[nH]c3cc(-c4cc(F)ccc4OC)ccc32)c1. The summed E-state index contributed by atoms with van der Waals surface area (Å²) in [7, 11) is 3.15. The lowest BCUT2D eigenvalue weighted by molar-refractivity contribution is 0.414. The first kappa shape index (κ1) is 17.9. The van der Waals surface area contributed by atoms with Gasteiger partial charge in [-0.1, -0.05) is 18.2 Å². The van der Waals surface area contributed by atoms with Gasteiger partial charge in [0.15, 0.2) is 0 Å². The van der Waals surface area contributed by atoms with Crippen LogP contribution < -0.4 is 15.2 Å². The highest BCUT2D eigenvalue weighted by molar-refractivity contribution is 5.83. The molecular formula is C22H19FN2O3. The van der Waals surface area contributed by atoms with Gasteiger partial charge in [-0.15, -0.1) is 0 Å². The highest BCUT2D eigenvalue weighted by Crippen LogP contribution is 2.32. The van der Waals surface area contributed by atoms with Gasteiger partial charge in [0.1, 0.15) is 17.3 Å². The summed E-state index contributed by atoms with van der Waals surface area (Å²) >= 11 is 0. The molecule has 1 N–H and O–H groups in total. The molecule has 0 amide bonds. The van der Waals surface area contributed by atoms with E-state index in [0.29, 0.717) is 23.4 Å². The van der Waals surface area contributed by atoms with Crippen LogP contribution in [0.5, 0.6) is 11.5 Å². The molecule has 0 bridgehead atoms. The maximum atomic E-state index is 13.7. The summed E-state index contributed by atoms with van der Waals surface area (Å²) in [5, 5.41) is 0. The van der Waals surface area contributed by atoms with E-state index in [-0.39, 0.29) is 11.5 Å². The maximum Gasteiger partial charge on any atom is 0.326 e. The summed E-state index contributed by atoms with van der Waals surface area (Å²) in [6.07, 6.45) is 0. The maximum absolute atomic E-state index is 13.7. The number of nitrogens with one attached hydrogen (secondary N) is 1. The zero-order chi connectivity index (χ0) is 19.7. The number of nitrogens with zero attached hydrogens (tertiary/aromatic N) is 1. The minimum Gasteiger partial charge on any atom is -0.497 e. The Hall–Kier alpha value is -3.54. The molecule has 0 aliphatic heterocycles. The van der Waals surface area contributed by atoms with Gasteiger partial charge < -0.3 is 14.5 Å². The number of halogens is 1. The summed E-state index contributed by atoms with van der Waals surface area (Å²) in [6, 6.07) is 17.5. The molecule has 0 aliphatic rings. The first-order valence-corrected chi connectivity index (χ1v) is 8.78. The molecular weight excluding hydrogens is 359 g/mol. The van der Waals surface area contributed by atoms with Crippen LogP contribution in [0.25, 0.3) is 22.2 Å². The van der Waals surface area contributed by atoms with Crippen molar-refractivity contribution in [1.29, 1.82) is 0 Å². The van der Waals surface area contributed by atoms with Crippen LogP contribution in [-0.4, -0.2) is 23.8 Å². The topological polar surface area (TPSA) is 56.2 Å². The fourth-order valence-corrected chi connectivity index (χ4v) is 3.35. The summed E-state index contributed by atoms with van der Waals surface area (Å²) in [6.45, 7) is 0.415. The molecule has 3 aromatic carbocycles. The molecule has 28 heavy (non-hydrogen) atoms. The summed E-state index contributed by atoms with van der Waals surface area (Å²) < 4.78 is 26.0. The van der Waals surface area contributed by atoms with Crippen molar-refractivity contribution in [3.63, 3.8) is 0 Å². The monoisotopic (exact) mass is 378 g/mol. The Morgan fingerprint density at radius 3 is 2.64 bits per heavy atom. The molecule has 0 fully saturated rings. The van der Waals surface area contributed by atoms with E-state index >= 15 is 0 Å². The number of fused-ring (bicyclic) bond motifs is 1. The number of rotatable bonds is 5. The lowest BCUT2D eigenvalue weighted by Crippen LogP contribution is -2.17. The minimum absolute atomic E-state index is 0.207. The van der Waals surface area contributed by atoms with Gasteiger partial charge in [-0.05, 0) is 53.6 Å². The average molecular weight is 378 g/mol. The molecule has 4 rings (SSSR count). The number of aromatic nitrogens is 2. The van der Waals surface area contributed by atoms with Crippen LogP contribution in [0.4, 0.5) is 4.39 Å². The molecule has 0 atom stereocenters. The molecule has 0 spiro atoms. The number of aromatic amines is 1. The lowest BCUT2D eigenvalue weighted by atomic mass is 10.0. The number of imidazole rings is 1.